The number of urea groups is 1. The van der Waals surface area contributed by atoms with Crippen molar-refractivity contribution in [3.05, 3.63) is 35.4 Å². The van der Waals surface area contributed by atoms with Crippen LogP contribution in [-0.2, 0) is 12.6 Å². The van der Waals surface area contributed by atoms with Crippen molar-refractivity contribution < 1.29 is 18.0 Å². The molecule has 1 unspecified atom stereocenters. The Kier molecular flexibility index (Phi) is 6.48. The molecule has 134 valence electrons. The number of alkyl halides is 3. The first-order valence-electron chi connectivity index (χ1n) is 8.32. The molecule has 0 aliphatic carbocycles. The molecule has 1 atom stereocenters. The van der Waals surface area contributed by atoms with Gasteiger partial charge >= 0.3 is 12.2 Å². The molecule has 2 rings (SSSR count). The van der Waals surface area contributed by atoms with E-state index in [-0.39, 0.29) is 6.03 Å². The predicted molar refractivity (Wildman–Crippen MR) is 86.8 cm³/mol. The van der Waals surface area contributed by atoms with Crippen molar-refractivity contribution in [2.75, 3.05) is 26.2 Å². The van der Waals surface area contributed by atoms with Gasteiger partial charge in [0.2, 0.25) is 0 Å². The third-order valence-electron chi connectivity index (χ3n) is 4.38. The number of hydrogen-bond acceptors (Lipinski definition) is 2. The molecule has 1 aromatic carbocycles. The van der Waals surface area contributed by atoms with Gasteiger partial charge in [0.05, 0.1) is 5.56 Å². The highest BCUT2D eigenvalue weighted by Crippen LogP contribution is 2.29. The molecule has 0 aromatic heterocycles. The number of amides is 2. The fourth-order valence-electron chi connectivity index (χ4n) is 3.00. The smallest absolute Gasteiger partial charge is 0.338 e. The van der Waals surface area contributed by atoms with Crippen LogP contribution in [-0.4, -0.2) is 43.2 Å². The number of halogens is 3. The maximum absolute atomic E-state index is 12.5. The van der Waals surface area contributed by atoms with Crippen LogP contribution in [0.2, 0.25) is 0 Å². The number of nitrogens with zero attached hydrogens (tertiary/aromatic N) is 1. The molecule has 0 radical (unpaired) electrons. The van der Waals surface area contributed by atoms with Gasteiger partial charge in [-0.3, -0.25) is 4.90 Å². The number of rotatable bonds is 6. The first-order valence-corrected chi connectivity index (χ1v) is 8.32. The van der Waals surface area contributed by atoms with Crippen LogP contribution in [0.1, 0.15) is 30.9 Å². The van der Waals surface area contributed by atoms with E-state index >= 15 is 0 Å². The Balaban J connectivity index is 1.67. The molecule has 1 aromatic rings. The summed E-state index contributed by atoms with van der Waals surface area (Å²) >= 11 is 0. The topological polar surface area (TPSA) is 44.4 Å². The first kappa shape index (κ1) is 18.6. The molecule has 24 heavy (non-hydrogen) atoms. The van der Waals surface area contributed by atoms with Crippen molar-refractivity contribution in [2.45, 2.75) is 38.4 Å². The van der Waals surface area contributed by atoms with Crippen LogP contribution in [0.5, 0.6) is 0 Å². The second kappa shape index (κ2) is 8.37. The molecule has 0 spiro atoms. The van der Waals surface area contributed by atoms with Crippen molar-refractivity contribution >= 4 is 6.03 Å². The SMILES string of the molecule is CCN1CCCC1CNC(=O)NCCc1ccc(C(F)(F)F)cc1. The highest BCUT2D eigenvalue weighted by molar-refractivity contribution is 5.73. The minimum atomic E-state index is -4.32. The molecule has 4 nitrogen and oxygen atoms in total. The van der Waals surface area contributed by atoms with E-state index in [4.69, 9.17) is 0 Å². The average Bonchev–Trinajstić information content (AvgIpc) is 3.00. The predicted octanol–water partition coefficient (Wildman–Crippen LogP) is 3.03. The zero-order valence-electron chi connectivity index (χ0n) is 13.8. The molecular weight excluding hydrogens is 319 g/mol. The summed E-state index contributed by atoms with van der Waals surface area (Å²) in [5.74, 6) is 0. The Morgan fingerprint density at radius 2 is 1.96 bits per heavy atom. The normalized spacial score (nSPS) is 18.6. The van der Waals surface area contributed by atoms with E-state index in [1.54, 1.807) is 0 Å². The molecule has 1 aliphatic heterocycles. The van der Waals surface area contributed by atoms with Crippen molar-refractivity contribution in [1.29, 1.82) is 0 Å². The number of nitrogens with one attached hydrogen (secondary N) is 2. The van der Waals surface area contributed by atoms with E-state index in [2.05, 4.69) is 22.5 Å². The minimum absolute atomic E-state index is 0.232. The van der Waals surface area contributed by atoms with Gasteiger partial charge in [0.1, 0.15) is 0 Å². The maximum Gasteiger partial charge on any atom is 0.416 e. The summed E-state index contributed by atoms with van der Waals surface area (Å²) in [6.07, 6.45) is -1.56. The van der Waals surface area contributed by atoms with E-state index in [1.807, 2.05) is 0 Å². The standard InChI is InChI=1S/C17H24F3N3O/c1-2-23-11-3-4-15(23)12-22-16(24)21-10-9-13-5-7-14(8-6-13)17(18,19)20/h5-8,15H,2-4,9-12H2,1H3,(H2,21,22,24). The fraction of sp³-hybridized carbons (Fsp3) is 0.588. The number of carbonyl (C=O) groups excluding carboxylic acids is 1. The molecule has 1 aliphatic rings. The molecule has 1 fully saturated rings. The number of hydrogen-bond donors (Lipinski definition) is 2. The van der Waals surface area contributed by atoms with Gasteiger partial charge in [0.15, 0.2) is 0 Å². The Bertz CT molecular complexity index is 531. The van der Waals surface area contributed by atoms with Crippen molar-refractivity contribution in [3.8, 4) is 0 Å². The van der Waals surface area contributed by atoms with Gasteiger partial charge in [0.25, 0.3) is 0 Å². The van der Waals surface area contributed by atoms with E-state index in [0.29, 0.717) is 25.6 Å². The molecule has 1 saturated heterocycles. The van der Waals surface area contributed by atoms with Gasteiger partial charge in [-0.1, -0.05) is 19.1 Å². The Morgan fingerprint density at radius 3 is 2.58 bits per heavy atom. The molecule has 2 N–H and O–H groups in total. The number of likely N-dealkylation sites (N-methyl/N-ethyl adjacent to an activating group) is 1. The summed E-state index contributed by atoms with van der Waals surface area (Å²) in [5, 5.41) is 5.61. The lowest BCUT2D eigenvalue weighted by molar-refractivity contribution is -0.137. The van der Waals surface area contributed by atoms with Crippen LogP contribution < -0.4 is 10.6 Å². The fourth-order valence-corrected chi connectivity index (χ4v) is 3.00. The Hall–Kier alpha value is -1.76. The molecule has 7 heteroatoms. The van der Waals surface area contributed by atoms with Crippen LogP contribution in [0.25, 0.3) is 0 Å². The summed E-state index contributed by atoms with van der Waals surface area (Å²) in [6, 6.07) is 5.18. The van der Waals surface area contributed by atoms with Gasteiger partial charge < -0.3 is 10.6 Å². The first-order chi connectivity index (χ1) is 11.4. The van der Waals surface area contributed by atoms with E-state index in [0.717, 1.165) is 43.6 Å². The molecule has 0 saturated carbocycles. The molecule has 2 amide bonds. The van der Waals surface area contributed by atoms with Crippen LogP contribution in [0.4, 0.5) is 18.0 Å². The van der Waals surface area contributed by atoms with Crippen LogP contribution in [0, 0.1) is 0 Å². The number of likely N-dealkylation sites (tertiary alicyclic amines) is 1. The van der Waals surface area contributed by atoms with Crippen molar-refractivity contribution in [3.63, 3.8) is 0 Å². The molecule has 0 bridgehead atoms. The third kappa shape index (κ3) is 5.40. The quantitative estimate of drug-likeness (QED) is 0.834. The summed E-state index contributed by atoms with van der Waals surface area (Å²) in [7, 11) is 0. The maximum atomic E-state index is 12.5. The second-order valence-electron chi connectivity index (χ2n) is 6.01. The van der Waals surface area contributed by atoms with Gasteiger partial charge in [-0.05, 0) is 50.0 Å². The zero-order valence-corrected chi connectivity index (χ0v) is 13.8. The highest BCUT2D eigenvalue weighted by atomic mass is 19.4. The molecule has 1 heterocycles. The van der Waals surface area contributed by atoms with Crippen LogP contribution in [0.15, 0.2) is 24.3 Å². The zero-order chi connectivity index (χ0) is 17.6. The average molecular weight is 343 g/mol. The summed E-state index contributed by atoms with van der Waals surface area (Å²) in [5.41, 5.74) is 0.102. The number of carbonyl (C=O) groups is 1. The number of benzene rings is 1. The van der Waals surface area contributed by atoms with Crippen LogP contribution >= 0.6 is 0 Å². The molecular formula is C17H24F3N3O. The van der Waals surface area contributed by atoms with E-state index < -0.39 is 11.7 Å². The lowest BCUT2D eigenvalue weighted by Crippen LogP contribution is -2.44. The van der Waals surface area contributed by atoms with Crippen molar-refractivity contribution in [2.24, 2.45) is 0 Å². The lowest BCUT2D eigenvalue weighted by atomic mass is 10.1. The lowest BCUT2D eigenvalue weighted by Gasteiger charge is -2.22. The van der Waals surface area contributed by atoms with E-state index in [1.165, 1.54) is 12.1 Å². The van der Waals surface area contributed by atoms with Crippen LogP contribution in [0.3, 0.4) is 0 Å². The summed E-state index contributed by atoms with van der Waals surface area (Å²) < 4.78 is 37.4. The van der Waals surface area contributed by atoms with E-state index in [9.17, 15) is 18.0 Å². The van der Waals surface area contributed by atoms with Crippen molar-refractivity contribution in [1.82, 2.24) is 15.5 Å². The monoisotopic (exact) mass is 343 g/mol. The second-order valence-corrected chi connectivity index (χ2v) is 6.01. The largest absolute Gasteiger partial charge is 0.416 e. The van der Waals surface area contributed by atoms with Gasteiger partial charge in [0, 0.05) is 19.1 Å². The summed E-state index contributed by atoms with van der Waals surface area (Å²) in [4.78, 5) is 14.1. The van der Waals surface area contributed by atoms with Gasteiger partial charge in [-0.25, -0.2) is 4.79 Å². The summed E-state index contributed by atoms with van der Waals surface area (Å²) in [6.45, 7) is 5.20. The van der Waals surface area contributed by atoms with Gasteiger partial charge in [-0.15, -0.1) is 0 Å². The van der Waals surface area contributed by atoms with Gasteiger partial charge in [-0.2, -0.15) is 13.2 Å². The third-order valence-corrected chi connectivity index (χ3v) is 4.38. The minimum Gasteiger partial charge on any atom is -0.338 e. The Morgan fingerprint density at radius 1 is 1.25 bits per heavy atom. The highest BCUT2D eigenvalue weighted by Gasteiger charge is 2.29. The Labute approximate surface area is 140 Å².